The molecule has 0 rings (SSSR count). The van der Waals surface area contributed by atoms with E-state index in [1.165, 1.54) is 0 Å². The third-order valence-electron chi connectivity index (χ3n) is 0.709. The molecule has 0 aliphatic heterocycles. The quantitative estimate of drug-likeness (QED) is 0.336. The maximum absolute atomic E-state index is 10.6. The van der Waals surface area contributed by atoms with Crippen LogP contribution in [-0.2, 0) is 19.1 Å². The first-order chi connectivity index (χ1) is 5.02. The minimum atomic E-state index is -3.79. The van der Waals surface area contributed by atoms with Crippen LogP contribution in [-0.4, -0.2) is 56.2 Å². The van der Waals surface area contributed by atoms with E-state index in [0.717, 1.165) is 6.08 Å². The van der Waals surface area contributed by atoms with Crippen LogP contribution < -0.4 is 5.73 Å². The molecule has 0 heterocycles. The molecule has 0 saturated carbocycles. The molecule has 0 fully saturated rings. The number of carbonyl (C=O) groups is 1. The van der Waals surface area contributed by atoms with Gasteiger partial charge in [-0.15, -0.1) is 6.58 Å². The van der Waals surface area contributed by atoms with Gasteiger partial charge in [-0.1, -0.05) is 6.08 Å². The normalized spacial score (nSPS) is 9.75. The van der Waals surface area contributed by atoms with Crippen LogP contribution in [0.15, 0.2) is 12.7 Å². The van der Waals surface area contributed by atoms with E-state index in [1.54, 1.807) is 0 Å². The molecule has 0 atom stereocenters. The summed E-state index contributed by atoms with van der Waals surface area (Å²) in [5.41, 5.74) is 4.81. The summed E-state index contributed by atoms with van der Waals surface area (Å²) in [6.07, 6.45) is 1.12. The third kappa shape index (κ3) is 6.81. The van der Waals surface area contributed by atoms with E-state index in [9.17, 15) is 13.2 Å². The molecule has 2 N–H and O–H groups in total. The predicted octanol–water partition coefficient (Wildman–Crippen LogP) is -1.64. The van der Waals surface area contributed by atoms with Gasteiger partial charge < -0.3 is 9.92 Å². The molecular formula is C5H10NNaO4S. The van der Waals surface area contributed by atoms with Crippen LogP contribution in [0.5, 0.6) is 0 Å². The summed E-state index contributed by atoms with van der Waals surface area (Å²) in [4.78, 5) is 10.3. The molecule has 0 aromatic carbocycles. The number of rotatable bonds is 4. The van der Waals surface area contributed by atoms with Gasteiger partial charge in [0.2, 0.25) is 0 Å². The average Bonchev–Trinajstić information content (AvgIpc) is 1.86. The van der Waals surface area contributed by atoms with Crippen LogP contribution in [0, 0.1) is 0 Å². The number of hydrogen-bond donors (Lipinski definition) is 1. The molecule has 0 spiro atoms. The van der Waals surface area contributed by atoms with E-state index < -0.39 is 28.4 Å². The Bertz CT molecular complexity index is 248. The second kappa shape index (κ2) is 6.62. The Kier molecular flexibility index (Phi) is 8.07. The summed E-state index contributed by atoms with van der Waals surface area (Å²) in [7, 11) is -3.79. The van der Waals surface area contributed by atoms with Crippen LogP contribution in [0.1, 0.15) is 0 Å². The molecule has 5 nitrogen and oxygen atoms in total. The van der Waals surface area contributed by atoms with E-state index in [-0.39, 0.29) is 29.6 Å². The monoisotopic (exact) mass is 203 g/mol. The Hall–Kier alpha value is 0.120. The van der Waals surface area contributed by atoms with Gasteiger partial charge >= 0.3 is 45.6 Å². The van der Waals surface area contributed by atoms with Crippen molar-refractivity contribution >= 4 is 45.6 Å². The molecule has 0 radical (unpaired) electrons. The molecule has 0 saturated heterocycles. The zero-order valence-corrected chi connectivity index (χ0v) is 6.63. The molecule has 7 heteroatoms. The molecule has 0 aromatic rings. The fraction of sp³-hybridized carbons (Fsp3) is 0.400. The Labute approximate surface area is 93.4 Å². The summed E-state index contributed by atoms with van der Waals surface area (Å²) < 4.78 is 25.2. The summed E-state index contributed by atoms with van der Waals surface area (Å²) in [6.45, 7) is 2.73. The van der Waals surface area contributed by atoms with Crippen molar-refractivity contribution < 1.29 is 17.4 Å². The van der Waals surface area contributed by atoms with Crippen LogP contribution >= 0.6 is 0 Å². The van der Waals surface area contributed by atoms with Gasteiger partial charge in [0.25, 0.3) is 0 Å². The van der Waals surface area contributed by atoms with E-state index >= 15 is 0 Å². The Balaban J connectivity index is 0. The van der Waals surface area contributed by atoms with Gasteiger partial charge in [-0.25, -0.2) is 4.79 Å². The second-order valence-corrected chi connectivity index (χ2v) is 3.29. The van der Waals surface area contributed by atoms with Crippen molar-refractivity contribution in [2.24, 2.45) is 5.73 Å². The van der Waals surface area contributed by atoms with Crippen molar-refractivity contribution in [2.75, 3.05) is 12.3 Å². The first-order valence-corrected chi connectivity index (χ1v) is 4.35. The SMILES string of the molecule is C=CCS(=O)(=O)OC(=O)CN.[NaH]. The zero-order valence-electron chi connectivity index (χ0n) is 5.82. The average molecular weight is 203 g/mol. The van der Waals surface area contributed by atoms with Gasteiger partial charge in [-0.2, -0.15) is 8.42 Å². The predicted molar refractivity (Wildman–Crippen MR) is 46.3 cm³/mol. The molecule has 0 unspecified atom stereocenters. The Morgan fingerprint density at radius 3 is 2.42 bits per heavy atom. The topological polar surface area (TPSA) is 86.5 Å². The third-order valence-corrected chi connectivity index (χ3v) is 1.79. The zero-order chi connectivity index (χ0) is 8.91. The van der Waals surface area contributed by atoms with Gasteiger partial charge in [0.05, 0.1) is 6.54 Å². The van der Waals surface area contributed by atoms with Gasteiger partial charge in [0, 0.05) is 0 Å². The molecular weight excluding hydrogens is 193 g/mol. The van der Waals surface area contributed by atoms with Crippen LogP contribution in [0.25, 0.3) is 0 Å². The van der Waals surface area contributed by atoms with E-state index in [1.807, 2.05) is 0 Å². The van der Waals surface area contributed by atoms with Crippen molar-refractivity contribution in [3.05, 3.63) is 12.7 Å². The number of nitrogens with two attached hydrogens (primary N) is 1. The standard InChI is InChI=1S/C5H9NO4S.Na.H/c1-2-3-11(8,9)10-5(7)4-6;;/h2H,1,3-4,6H2;;. The van der Waals surface area contributed by atoms with Crippen molar-refractivity contribution in [3.63, 3.8) is 0 Å². The van der Waals surface area contributed by atoms with Crippen molar-refractivity contribution in [2.45, 2.75) is 0 Å². The van der Waals surface area contributed by atoms with Crippen molar-refractivity contribution in [1.29, 1.82) is 0 Å². The second-order valence-electron chi connectivity index (χ2n) is 1.67. The van der Waals surface area contributed by atoms with Gasteiger partial charge in [0.1, 0.15) is 5.75 Å². The molecule has 0 amide bonds. The van der Waals surface area contributed by atoms with Gasteiger partial charge in [0.15, 0.2) is 0 Å². The molecule has 66 valence electrons. The van der Waals surface area contributed by atoms with Gasteiger partial charge in [-0.3, -0.25) is 0 Å². The van der Waals surface area contributed by atoms with Crippen LogP contribution in [0.3, 0.4) is 0 Å². The number of hydrogen-bond acceptors (Lipinski definition) is 5. The van der Waals surface area contributed by atoms with E-state index in [0.29, 0.717) is 0 Å². The molecule has 0 aliphatic carbocycles. The summed E-state index contributed by atoms with van der Waals surface area (Å²) in [5, 5.41) is 0. The molecule has 0 aliphatic rings. The minimum absolute atomic E-state index is 0. The molecule has 0 aromatic heterocycles. The fourth-order valence-electron chi connectivity index (χ4n) is 0.354. The van der Waals surface area contributed by atoms with Crippen molar-refractivity contribution in [3.8, 4) is 0 Å². The van der Waals surface area contributed by atoms with E-state index in [4.69, 9.17) is 5.73 Å². The molecule has 0 bridgehead atoms. The van der Waals surface area contributed by atoms with Crippen molar-refractivity contribution in [1.82, 2.24) is 0 Å². The summed E-state index contributed by atoms with van der Waals surface area (Å²) in [6, 6.07) is 0. The Morgan fingerprint density at radius 1 is 1.58 bits per heavy atom. The summed E-state index contributed by atoms with van der Waals surface area (Å²) >= 11 is 0. The maximum atomic E-state index is 10.6. The van der Waals surface area contributed by atoms with Crippen LogP contribution in [0.2, 0.25) is 0 Å². The number of carbonyl (C=O) groups excluding carboxylic acids is 1. The fourth-order valence-corrected chi connectivity index (χ4v) is 1.06. The Morgan fingerprint density at radius 2 is 2.08 bits per heavy atom. The van der Waals surface area contributed by atoms with E-state index in [2.05, 4.69) is 10.8 Å². The first-order valence-electron chi connectivity index (χ1n) is 2.78. The van der Waals surface area contributed by atoms with Gasteiger partial charge in [-0.05, 0) is 0 Å². The van der Waals surface area contributed by atoms with Crippen LogP contribution in [0.4, 0.5) is 0 Å². The summed E-state index contributed by atoms with van der Waals surface area (Å²) in [5.74, 6) is -1.36. The molecule has 12 heavy (non-hydrogen) atoms. The first kappa shape index (κ1) is 14.6.